The Morgan fingerprint density at radius 2 is 2.00 bits per heavy atom. The molecule has 0 aromatic heterocycles. The highest BCUT2D eigenvalue weighted by molar-refractivity contribution is 7.95. The number of nitrogens with one attached hydrogen (secondary N) is 1. The van der Waals surface area contributed by atoms with Gasteiger partial charge in [-0.3, -0.25) is 0 Å². The van der Waals surface area contributed by atoms with Crippen LogP contribution in [-0.2, 0) is 19.9 Å². The highest BCUT2D eigenvalue weighted by Crippen LogP contribution is 2.20. The molecular formula is C11H23NO5S2. The van der Waals surface area contributed by atoms with E-state index in [2.05, 4.69) is 4.72 Å². The van der Waals surface area contributed by atoms with Crippen LogP contribution in [-0.4, -0.2) is 50.8 Å². The fourth-order valence-electron chi connectivity index (χ4n) is 2.33. The second kappa shape index (κ2) is 5.67. The fourth-order valence-corrected chi connectivity index (χ4v) is 6.54. The van der Waals surface area contributed by atoms with Gasteiger partial charge in [0.1, 0.15) is 0 Å². The van der Waals surface area contributed by atoms with E-state index in [0.29, 0.717) is 6.42 Å². The van der Waals surface area contributed by atoms with E-state index in [1.54, 1.807) is 6.92 Å². The molecule has 1 aliphatic heterocycles. The summed E-state index contributed by atoms with van der Waals surface area (Å²) < 4.78 is 48.9. The van der Waals surface area contributed by atoms with Crippen molar-refractivity contribution < 1.29 is 21.9 Å². The first kappa shape index (κ1) is 16.9. The molecule has 0 aromatic rings. The SMILES string of the molecule is CC(C)CC(C)(O)CNS(=O)(=O)C1CCS(=O)(=O)C1. The average Bonchev–Trinajstić information content (AvgIpc) is 2.55. The molecule has 19 heavy (non-hydrogen) atoms. The van der Waals surface area contributed by atoms with Gasteiger partial charge in [-0.15, -0.1) is 0 Å². The predicted molar refractivity (Wildman–Crippen MR) is 74.1 cm³/mol. The summed E-state index contributed by atoms with van der Waals surface area (Å²) in [6.07, 6.45) is 0.600. The lowest BCUT2D eigenvalue weighted by molar-refractivity contribution is 0.0436. The molecule has 8 heteroatoms. The van der Waals surface area contributed by atoms with Crippen LogP contribution in [0.2, 0.25) is 0 Å². The number of sulfonamides is 1. The highest BCUT2D eigenvalue weighted by atomic mass is 32.2. The van der Waals surface area contributed by atoms with Crippen LogP contribution in [0.3, 0.4) is 0 Å². The third-order valence-corrected chi connectivity index (χ3v) is 6.94. The molecular weight excluding hydrogens is 290 g/mol. The lowest BCUT2D eigenvalue weighted by Crippen LogP contribution is -2.45. The third-order valence-electron chi connectivity index (χ3n) is 3.13. The molecule has 1 aliphatic rings. The molecule has 0 aromatic carbocycles. The molecule has 114 valence electrons. The quantitative estimate of drug-likeness (QED) is 0.712. The van der Waals surface area contributed by atoms with Gasteiger partial charge in [0.05, 0.1) is 22.4 Å². The Balaban J connectivity index is 2.62. The van der Waals surface area contributed by atoms with Crippen LogP contribution in [0.1, 0.15) is 33.6 Å². The maximum absolute atomic E-state index is 12.0. The summed E-state index contributed by atoms with van der Waals surface area (Å²) in [5, 5.41) is 9.15. The van der Waals surface area contributed by atoms with Crippen LogP contribution in [0.15, 0.2) is 0 Å². The molecule has 0 saturated carbocycles. The maximum Gasteiger partial charge on any atom is 0.215 e. The van der Waals surface area contributed by atoms with Crippen LogP contribution in [0.25, 0.3) is 0 Å². The molecule has 0 aliphatic carbocycles. The summed E-state index contributed by atoms with van der Waals surface area (Å²) in [4.78, 5) is 0. The number of aliphatic hydroxyl groups is 1. The average molecular weight is 313 g/mol. The molecule has 2 atom stereocenters. The van der Waals surface area contributed by atoms with Gasteiger partial charge in [0, 0.05) is 6.54 Å². The Bertz CT molecular complexity index is 507. The van der Waals surface area contributed by atoms with E-state index >= 15 is 0 Å². The van der Waals surface area contributed by atoms with Crippen molar-refractivity contribution in [2.75, 3.05) is 18.1 Å². The smallest absolute Gasteiger partial charge is 0.215 e. The maximum atomic E-state index is 12.0. The Kier molecular flexibility index (Phi) is 5.03. The van der Waals surface area contributed by atoms with Crippen molar-refractivity contribution in [3.8, 4) is 0 Å². The van der Waals surface area contributed by atoms with E-state index in [1.165, 1.54) is 0 Å². The minimum absolute atomic E-state index is 0.0824. The van der Waals surface area contributed by atoms with Crippen molar-refractivity contribution in [2.45, 2.75) is 44.5 Å². The summed E-state index contributed by atoms with van der Waals surface area (Å²) in [6, 6.07) is 0. The minimum Gasteiger partial charge on any atom is -0.389 e. The van der Waals surface area contributed by atoms with Crippen molar-refractivity contribution in [3.05, 3.63) is 0 Å². The topological polar surface area (TPSA) is 101 Å². The molecule has 6 nitrogen and oxygen atoms in total. The number of rotatable bonds is 6. The van der Waals surface area contributed by atoms with Crippen LogP contribution < -0.4 is 4.72 Å². The standard InChI is InChI=1S/C11H23NO5S2/c1-9(2)6-11(3,13)8-12-19(16,17)10-4-5-18(14,15)7-10/h9-10,12-13H,4-8H2,1-3H3. The molecule has 1 saturated heterocycles. The van der Waals surface area contributed by atoms with Gasteiger partial charge in [0.25, 0.3) is 0 Å². The van der Waals surface area contributed by atoms with E-state index in [0.717, 1.165) is 0 Å². The first-order valence-corrected chi connectivity index (χ1v) is 9.72. The summed E-state index contributed by atoms with van der Waals surface area (Å²) in [5.74, 6) is -0.165. The summed E-state index contributed by atoms with van der Waals surface area (Å²) in [6.45, 7) is 5.35. The number of hydrogen-bond donors (Lipinski definition) is 2. The van der Waals surface area contributed by atoms with Gasteiger partial charge < -0.3 is 5.11 Å². The third kappa shape index (κ3) is 5.37. The Labute approximate surface area is 115 Å². The van der Waals surface area contributed by atoms with Gasteiger partial charge in [0.2, 0.25) is 10.0 Å². The molecule has 1 heterocycles. The zero-order valence-electron chi connectivity index (χ0n) is 11.6. The number of hydrogen-bond acceptors (Lipinski definition) is 5. The monoisotopic (exact) mass is 313 g/mol. The fraction of sp³-hybridized carbons (Fsp3) is 1.00. The molecule has 0 bridgehead atoms. The van der Waals surface area contributed by atoms with Gasteiger partial charge in [-0.2, -0.15) is 0 Å². The zero-order chi connectivity index (χ0) is 14.9. The Hall–Kier alpha value is -0.180. The molecule has 1 rings (SSSR count). The van der Waals surface area contributed by atoms with Gasteiger partial charge in [-0.05, 0) is 25.7 Å². The van der Waals surface area contributed by atoms with Crippen molar-refractivity contribution in [1.82, 2.24) is 4.72 Å². The first-order valence-electron chi connectivity index (χ1n) is 6.35. The highest BCUT2D eigenvalue weighted by Gasteiger charge is 2.38. The largest absolute Gasteiger partial charge is 0.389 e. The Morgan fingerprint density at radius 3 is 2.42 bits per heavy atom. The van der Waals surface area contributed by atoms with E-state index in [4.69, 9.17) is 0 Å². The van der Waals surface area contributed by atoms with E-state index in [-0.39, 0.29) is 30.4 Å². The second-order valence-corrected chi connectivity index (χ2v) is 10.3. The molecule has 0 spiro atoms. The summed E-state index contributed by atoms with van der Waals surface area (Å²) >= 11 is 0. The van der Waals surface area contributed by atoms with Gasteiger partial charge in [-0.25, -0.2) is 21.6 Å². The molecule has 0 amide bonds. The normalized spacial score (nSPS) is 26.5. The van der Waals surface area contributed by atoms with E-state index < -0.39 is 30.7 Å². The molecule has 1 fully saturated rings. The summed E-state index contributed by atoms with van der Waals surface area (Å²) in [7, 11) is -6.92. The van der Waals surface area contributed by atoms with Gasteiger partial charge in [-0.1, -0.05) is 13.8 Å². The second-order valence-electron chi connectivity index (χ2n) is 5.99. The van der Waals surface area contributed by atoms with Crippen molar-refractivity contribution >= 4 is 19.9 Å². The van der Waals surface area contributed by atoms with Crippen LogP contribution >= 0.6 is 0 Å². The number of sulfone groups is 1. The van der Waals surface area contributed by atoms with Crippen LogP contribution in [0, 0.1) is 5.92 Å². The molecule has 0 radical (unpaired) electrons. The molecule has 2 unspecified atom stereocenters. The van der Waals surface area contributed by atoms with Gasteiger partial charge in [0.15, 0.2) is 9.84 Å². The lowest BCUT2D eigenvalue weighted by atomic mass is 9.95. The van der Waals surface area contributed by atoms with Crippen LogP contribution in [0.4, 0.5) is 0 Å². The minimum atomic E-state index is -3.69. The van der Waals surface area contributed by atoms with Crippen molar-refractivity contribution in [1.29, 1.82) is 0 Å². The van der Waals surface area contributed by atoms with Gasteiger partial charge >= 0.3 is 0 Å². The zero-order valence-corrected chi connectivity index (χ0v) is 13.2. The Morgan fingerprint density at radius 1 is 1.42 bits per heavy atom. The molecule has 2 N–H and O–H groups in total. The summed E-state index contributed by atoms with van der Waals surface area (Å²) in [5.41, 5.74) is -1.13. The van der Waals surface area contributed by atoms with Crippen LogP contribution in [0.5, 0.6) is 0 Å². The van der Waals surface area contributed by atoms with E-state index in [1.807, 2.05) is 13.8 Å². The van der Waals surface area contributed by atoms with Crippen molar-refractivity contribution in [2.24, 2.45) is 5.92 Å². The first-order chi connectivity index (χ1) is 8.44. The van der Waals surface area contributed by atoms with Crippen molar-refractivity contribution in [3.63, 3.8) is 0 Å². The van der Waals surface area contributed by atoms with E-state index in [9.17, 15) is 21.9 Å². The lowest BCUT2D eigenvalue weighted by Gasteiger charge is -2.26. The predicted octanol–water partition coefficient (Wildman–Crippen LogP) is -0.110.